The first-order chi connectivity index (χ1) is 10.1. The van der Waals surface area contributed by atoms with E-state index >= 15 is 0 Å². The quantitative estimate of drug-likeness (QED) is 0.860. The SMILES string of the molecule is O=C([O-])[C@@H]1[C@@H](C(=O)NCc2ccccc2Br)[C@H]2CC[C@@H]1O2. The second-order valence-electron chi connectivity index (χ2n) is 5.47. The Morgan fingerprint density at radius 3 is 2.57 bits per heavy atom. The fourth-order valence-corrected chi connectivity index (χ4v) is 3.68. The molecule has 3 rings (SSSR count). The molecule has 1 aromatic carbocycles. The van der Waals surface area contributed by atoms with Gasteiger partial charge in [-0.25, -0.2) is 0 Å². The van der Waals surface area contributed by atoms with Crippen molar-refractivity contribution in [3.05, 3.63) is 34.3 Å². The maximum absolute atomic E-state index is 12.3. The Bertz CT molecular complexity index is 577. The van der Waals surface area contributed by atoms with Gasteiger partial charge in [-0.3, -0.25) is 4.79 Å². The van der Waals surface area contributed by atoms with E-state index in [1.54, 1.807) is 0 Å². The summed E-state index contributed by atoms with van der Waals surface area (Å²) in [7, 11) is 0. The van der Waals surface area contributed by atoms with Crippen molar-refractivity contribution in [2.75, 3.05) is 0 Å². The first-order valence-corrected chi connectivity index (χ1v) is 7.74. The lowest BCUT2D eigenvalue weighted by Gasteiger charge is -2.27. The fraction of sp³-hybridized carbons (Fsp3) is 0.467. The standard InChI is InChI=1S/C15H16BrNO4/c16-9-4-2-1-3-8(9)7-17-14(18)12-10-5-6-11(21-10)13(12)15(19)20/h1-4,10-13H,5-7H2,(H,17,18)(H,19,20)/p-1/t10-,11+,12+,13+/m1/s1. The van der Waals surface area contributed by atoms with Crippen LogP contribution in [-0.2, 0) is 20.9 Å². The van der Waals surface area contributed by atoms with E-state index in [0.29, 0.717) is 13.0 Å². The van der Waals surface area contributed by atoms with Crippen molar-refractivity contribution < 1.29 is 19.4 Å². The summed E-state index contributed by atoms with van der Waals surface area (Å²) in [4.78, 5) is 23.6. The van der Waals surface area contributed by atoms with Gasteiger partial charge >= 0.3 is 0 Å². The van der Waals surface area contributed by atoms with Gasteiger partial charge in [-0.1, -0.05) is 34.1 Å². The lowest BCUT2D eigenvalue weighted by molar-refractivity contribution is -0.314. The number of fused-ring (bicyclic) bond motifs is 2. The third-order valence-electron chi connectivity index (χ3n) is 4.26. The Labute approximate surface area is 130 Å². The molecule has 0 spiro atoms. The molecule has 1 amide bonds. The van der Waals surface area contributed by atoms with Crippen LogP contribution in [0.1, 0.15) is 18.4 Å². The van der Waals surface area contributed by atoms with Crippen molar-refractivity contribution in [2.24, 2.45) is 11.8 Å². The van der Waals surface area contributed by atoms with E-state index in [-0.39, 0.29) is 18.1 Å². The molecule has 2 aliphatic heterocycles. The molecule has 0 unspecified atom stereocenters. The molecular weight excluding hydrogens is 338 g/mol. The Morgan fingerprint density at radius 1 is 1.24 bits per heavy atom. The minimum absolute atomic E-state index is 0.271. The number of carbonyl (C=O) groups excluding carboxylic acids is 2. The number of hydrogen-bond donors (Lipinski definition) is 1. The average molecular weight is 353 g/mol. The van der Waals surface area contributed by atoms with Crippen LogP contribution in [-0.4, -0.2) is 24.1 Å². The van der Waals surface area contributed by atoms with Crippen LogP contribution >= 0.6 is 15.9 Å². The lowest BCUT2D eigenvalue weighted by atomic mass is 9.78. The number of aliphatic carboxylic acids is 1. The largest absolute Gasteiger partial charge is 0.550 e. The molecule has 0 radical (unpaired) electrons. The van der Waals surface area contributed by atoms with Gasteiger partial charge in [0.15, 0.2) is 0 Å². The summed E-state index contributed by atoms with van der Waals surface area (Å²) in [6.45, 7) is 0.355. The van der Waals surface area contributed by atoms with E-state index in [4.69, 9.17) is 4.74 Å². The van der Waals surface area contributed by atoms with Crippen LogP contribution in [0.4, 0.5) is 0 Å². The van der Waals surface area contributed by atoms with Gasteiger partial charge in [0.25, 0.3) is 0 Å². The molecule has 5 nitrogen and oxygen atoms in total. The number of ether oxygens (including phenoxy) is 1. The Morgan fingerprint density at radius 2 is 1.90 bits per heavy atom. The van der Waals surface area contributed by atoms with Crippen molar-refractivity contribution in [1.29, 1.82) is 0 Å². The molecule has 2 bridgehead atoms. The molecule has 2 fully saturated rings. The number of amides is 1. The van der Waals surface area contributed by atoms with Gasteiger partial charge in [-0.05, 0) is 24.5 Å². The summed E-state index contributed by atoms with van der Waals surface area (Å²) in [6.07, 6.45) is 0.759. The molecule has 0 saturated carbocycles. The molecule has 0 aromatic heterocycles. The second kappa shape index (κ2) is 5.77. The molecule has 21 heavy (non-hydrogen) atoms. The third kappa shape index (κ3) is 2.70. The van der Waals surface area contributed by atoms with Crippen molar-refractivity contribution in [3.63, 3.8) is 0 Å². The van der Waals surface area contributed by atoms with Crippen molar-refractivity contribution in [1.82, 2.24) is 5.32 Å². The molecular formula is C15H15BrNO4-. The van der Waals surface area contributed by atoms with E-state index in [1.807, 2.05) is 24.3 Å². The molecule has 2 aliphatic rings. The maximum atomic E-state index is 12.3. The monoisotopic (exact) mass is 352 g/mol. The Hall–Kier alpha value is -1.40. The van der Waals surface area contributed by atoms with Crippen molar-refractivity contribution in [2.45, 2.75) is 31.6 Å². The van der Waals surface area contributed by atoms with E-state index in [9.17, 15) is 14.7 Å². The van der Waals surface area contributed by atoms with Gasteiger partial charge in [-0.2, -0.15) is 0 Å². The number of carboxylic acid groups (broad SMARTS) is 1. The normalized spacial score (nSPS) is 30.3. The molecule has 6 heteroatoms. The number of halogens is 1. The average Bonchev–Trinajstić information content (AvgIpc) is 3.06. The van der Waals surface area contributed by atoms with Crippen molar-refractivity contribution in [3.8, 4) is 0 Å². The second-order valence-corrected chi connectivity index (χ2v) is 6.32. The van der Waals surface area contributed by atoms with Crippen LogP contribution in [0.2, 0.25) is 0 Å². The van der Waals surface area contributed by atoms with Crippen LogP contribution < -0.4 is 10.4 Å². The van der Waals surface area contributed by atoms with E-state index < -0.39 is 17.8 Å². The number of nitrogens with one attached hydrogen (secondary N) is 1. The zero-order valence-corrected chi connectivity index (χ0v) is 12.8. The number of carboxylic acids is 1. The predicted molar refractivity (Wildman–Crippen MR) is 75.9 cm³/mol. The maximum Gasteiger partial charge on any atom is 0.226 e. The number of rotatable bonds is 4. The highest BCUT2D eigenvalue weighted by Crippen LogP contribution is 2.43. The first-order valence-electron chi connectivity index (χ1n) is 6.95. The summed E-state index contributed by atoms with van der Waals surface area (Å²) in [5.41, 5.74) is 0.944. The van der Waals surface area contributed by atoms with E-state index in [1.165, 1.54) is 0 Å². The molecule has 2 saturated heterocycles. The minimum Gasteiger partial charge on any atom is -0.550 e. The summed E-state index contributed by atoms with van der Waals surface area (Å²) >= 11 is 3.42. The molecule has 1 aromatic rings. The Balaban J connectivity index is 1.68. The molecule has 1 N–H and O–H groups in total. The highest BCUT2D eigenvalue weighted by molar-refractivity contribution is 9.10. The predicted octanol–water partition coefficient (Wildman–Crippen LogP) is 0.609. The molecule has 112 valence electrons. The Kier molecular flexibility index (Phi) is 3.99. The number of benzene rings is 1. The highest BCUT2D eigenvalue weighted by atomic mass is 79.9. The van der Waals surface area contributed by atoms with Gasteiger partial charge in [0.1, 0.15) is 0 Å². The summed E-state index contributed by atoms with van der Waals surface area (Å²) in [6, 6.07) is 7.58. The fourth-order valence-electron chi connectivity index (χ4n) is 3.25. The summed E-state index contributed by atoms with van der Waals surface area (Å²) in [5.74, 6) is -2.94. The van der Waals surface area contributed by atoms with Crippen molar-refractivity contribution >= 4 is 27.8 Å². The summed E-state index contributed by atoms with van der Waals surface area (Å²) < 4.78 is 6.47. The van der Waals surface area contributed by atoms with E-state index in [0.717, 1.165) is 16.5 Å². The lowest BCUT2D eigenvalue weighted by Crippen LogP contribution is -2.48. The molecule has 4 atom stereocenters. The van der Waals surface area contributed by atoms with Gasteiger partial charge in [0.2, 0.25) is 5.91 Å². The molecule has 0 aliphatic carbocycles. The summed E-state index contributed by atoms with van der Waals surface area (Å²) in [5, 5.41) is 14.1. The van der Waals surface area contributed by atoms with Crippen LogP contribution in [0, 0.1) is 11.8 Å². The van der Waals surface area contributed by atoms with Gasteiger partial charge in [-0.15, -0.1) is 0 Å². The van der Waals surface area contributed by atoms with E-state index in [2.05, 4.69) is 21.2 Å². The van der Waals surface area contributed by atoms with Crippen LogP contribution in [0.25, 0.3) is 0 Å². The zero-order chi connectivity index (χ0) is 15.0. The van der Waals surface area contributed by atoms with Gasteiger partial charge < -0.3 is 20.0 Å². The topological polar surface area (TPSA) is 78.5 Å². The number of carbonyl (C=O) groups is 2. The van der Waals surface area contributed by atoms with Crippen LogP contribution in [0.15, 0.2) is 28.7 Å². The van der Waals surface area contributed by atoms with Gasteiger partial charge in [0, 0.05) is 22.9 Å². The first kappa shape index (κ1) is 14.5. The highest BCUT2D eigenvalue weighted by Gasteiger charge is 2.52. The minimum atomic E-state index is -1.19. The zero-order valence-electron chi connectivity index (χ0n) is 11.3. The third-order valence-corrected chi connectivity index (χ3v) is 5.03. The van der Waals surface area contributed by atoms with Crippen LogP contribution in [0.5, 0.6) is 0 Å². The molecule has 2 heterocycles. The van der Waals surface area contributed by atoms with Crippen LogP contribution in [0.3, 0.4) is 0 Å². The smallest absolute Gasteiger partial charge is 0.226 e. The van der Waals surface area contributed by atoms with Gasteiger partial charge in [0.05, 0.1) is 18.1 Å². The number of hydrogen-bond acceptors (Lipinski definition) is 4.